The van der Waals surface area contributed by atoms with Crippen molar-refractivity contribution in [3.63, 3.8) is 0 Å². The average molecular weight is 420 g/mol. The number of ether oxygens (including phenoxy) is 2. The van der Waals surface area contributed by atoms with Gasteiger partial charge in [0.1, 0.15) is 11.5 Å². The number of rotatable bonds is 12. The van der Waals surface area contributed by atoms with Crippen molar-refractivity contribution in [1.82, 2.24) is 4.31 Å². The Bertz CT molecular complexity index is 814. The van der Waals surface area contributed by atoms with E-state index in [1.54, 1.807) is 44.6 Å². The smallest absolute Gasteiger partial charge is 0.219 e. The molecule has 2 aromatic rings. The number of aliphatic hydroxyl groups is 1. The van der Waals surface area contributed by atoms with Crippen molar-refractivity contribution in [1.29, 1.82) is 0 Å². The van der Waals surface area contributed by atoms with Crippen molar-refractivity contribution in [2.24, 2.45) is 0 Å². The Morgan fingerprint density at radius 3 is 1.76 bits per heavy atom. The summed E-state index contributed by atoms with van der Waals surface area (Å²) in [6.45, 7) is 3.61. The fourth-order valence-electron chi connectivity index (χ4n) is 2.95. The summed E-state index contributed by atoms with van der Waals surface area (Å²) in [5, 5.41) is 8.85. The lowest BCUT2D eigenvalue weighted by Gasteiger charge is -2.27. The van der Waals surface area contributed by atoms with Crippen molar-refractivity contribution < 1.29 is 23.0 Å². The van der Waals surface area contributed by atoms with Crippen molar-refractivity contribution in [3.8, 4) is 11.5 Å². The quantitative estimate of drug-likeness (QED) is 0.534. The van der Waals surface area contributed by atoms with Crippen LogP contribution in [0.5, 0.6) is 11.5 Å². The number of methoxy groups -OCH3 is 2. The molecule has 0 amide bonds. The van der Waals surface area contributed by atoms with Crippen LogP contribution in [0.1, 0.15) is 24.0 Å². The molecule has 0 aliphatic rings. The Hall–Kier alpha value is -2.35. The molecule has 0 fully saturated rings. The standard InChI is InChI=1S/C22H29NO5S/c1-4-5-6-22(17-24)29(25,26)23(15-18-7-11-20(27-2)12-8-18)16-19-9-13-21(28-3)14-10-19/h4,7-14,22,24H,1,5-6,15-17H2,2-3H3/t22-/m0/s1. The summed E-state index contributed by atoms with van der Waals surface area (Å²) in [4.78, 5) is 0. The molecule has 0 saturated carbocycles. The molecular weight excluding hydrogens is 390 g/mol. The Balaban J connectivity index is 2.32. The van der Waals surface area contributed by atoms with Crippen LogP contribution in [0.2, 0.25) is 0 Å². The van der Waals surface area contributed by atoms with Gasteiger partial charge < -0.3 is 14.6 Å². The summed E-state index contributed by atoms with van der Waals surface area (Å²) in [6.07, 6.45) is 2.50. The van der Waals surface area contributed by atoms with Crippen molar-refractivity contribution in [2.75, 3.05) is 20.8 Å². The second-order valence-electron chi connectivity index (χ2n) is 6.68. The largest absolute Gasteiger partial charge is 0.497 e. The van der Waals surface area contributed by atoms with Gasteiger partial charge in [-0.05, 0) is 48.2 Å². The topological polar surface area (TPSA) is 76.1 Å². The summed E-state index contributed by atoms with van der Waals surface area (Å²) in [5.41, 5.74) is 1.67. The van der Waals surface area contributed by atoms with Crippen LogP contribution < -0.4 is 9.47 Å². The maximum absolute atomic E-state index is 13.3. The van der Waals surface area contributed by atoms with Gasteiger partial charge in [0.2, 0.25) is 10.0 Å². The molecule has 29 heavy (non-hydrogen) atoms. The number of benzene rings is 2. The van der Waals surface area contributed by atoms with E-state index in [9.17, 15) is 13.5 Å². The molecule has 7 heteroatoms. The number of sulfonamides is 1. The van der Waals surface area contributed by atoms with Crippen LogP contribution in [0.15, 0.2) is 61.2 Å². The molecule has 158 valence electrons. The average Bonchev–Trinajstić information content (AvgIpc) is 2.74. The lowest BCUT2D eigenvalue weighted by molar-refractivity contribution is 0.277. The Labute approximate surface area is 173 Å². The highest BCUT2D eigenvalue weighted by Gasteiger charge is 2.31. The van der Waals surface area contributed by atoms with E-state index < -0.39 is 21.9 Å². The van der Waals surface area contributed by atoms with E-state index in [4.69, 9.17) is 9.47 Å². The zero-order valence-electron chi connectivity index (χ0n) is 17.0. The molecule has 6 nitrogen and oxygen atoms in total. The van der Waals surface area contributed by atoms with E-state index in [1.807, 2.05) is 24.3 Å². The summed E-state index contributed by atoms with van der Waals surface area (Å²) >= 11 is 0. The van der Waals surface area contributed by atoms with Gasteiger partial charge in [0, 0.05) is 13.1 Å². The molecule has 0 radical (unpaired) electrons. The molecule has 0 spiro atoms. The zero-order chi connectivity index (χ0) is 21.3. The normalized spacial score (nSPS) is 12.6. The van der Waals surface area contributed by atoms with Crippen molar-refractivity contribution >= 4 is 10.0 Å². The highest BCUT2D eigenvalue weighted by molar-refractivity contribution is 7.89. The lowest BCUT2D eigenvalue weighted by Crippen LogP contribution is -2.39. The van der Waals surface area contributed by atoms with Crippen LogP contribution in [-0.2, 0) is 23.1 Å². The molecular formula is C22H29NO5S. The van der Waals surface area contributed by atoms with E-state index >= 15 is 0 Å². The van der Waals surface area contributed by atoms with Crippen LogP contribution in [0.4, 0.5) is 0 Å². The summed E-state index contributed by atoms with van der Waals surface area (Å²) in [7, 11) is -0.572. The summed E-state index contributed by atoms with van der Waals surface area (Å²) in [6, 6.07) is 14.6. The number of allylic oxidation sites excluding steroid dienone is 1. The van der Waals surface area contributed by atoms with Crippen LogP contribution in [0.3, 0.4) is 0 Å². The molecule has 1 atom stereocenters. The van der Waals surface area contributed by atoms with Crippen LogP contribution in [0.25, 0.3) is 0 Å². The fraction of sp³-hybridized carbons (Fsp3) is 0.364. The SMILES string of the molecule is C=CCC[C@@H](CO)S(=O)(=O)N(Cc1ccc(OC)cc1)Cc1ccc(OC)cc1. The molecule has 0 aliphatic heterocycles. The summed E-state index contributed by atoms with van der Waals surface area (Å²) in [5.74, 6) is 1.41. The number of hydrogen-bond acceptors (Lipinski definition) is 5. The Kier molecular flexibility index (Phi) is 8.70. The highest BCUT2D eigenvalue weighted by atomic mass is 32.2. The van der Waals surface area contributed by atoms with Gasteiger partial charge in [0.25, 0.3) is 0 Å². The monoisotopic (exact) mass is 419 g/mol. The van der Waals surface area contributed by atoms with Gasteiger partial charge in [-0.3, -0.25) is 0 Å². The maximum atomic E-state index is 13.3. The van der Waals surface area contributed by atoms with Crippen LogP contribution >= 0.6 is 0 Å². The third kappa shape index (κ3) is 6.32. The first-order valence-electron chi connectivity index (χ1n) is 9.41. The van der Waals surface area contributed by atoms with E-state index in [2.05, 4.69) is 6.58 Å². The predicted octanol–water partition coefficient (Wildman–Crippen LogP) is 3.36. The molecule has 0 unspecified atom stereocenters. The Morgan fingerprint density at radius 1 is 0.966 bits per heavy atom. The maximum Gasteiger partial charge on any atom is 0.219 e. The van der Waals surface area contributed by atoms with Gasteiger partial charge in [-0.1, -0.05) is 30.3 Å². The van der Waals surface area contributed by atoms with Gasteiger partial charge >= 0.3 is 0 Å². The van der Waals surface area contributed by atoms with Crippen molar-refractivity contribution in [3.05, 3.63) is 72.3 Å². The fourth-order valence-corrected chi connectivity index (χ4v) is 4.66. The van der Waals surface area contributed by atoms with Gasteiger partial charge in [0.15, 0.2) is 0 Å². The third-order valence-corrected chi connectivity index (χ3v) is 6.92. The highest BCUT2D eigenvalue weighted by Crippen LogP contribution is 2.22. The number of hydrogen-bond donors (Lipinski definition) is 1. The van der Waals surface area contributed by atoms with Gasteiger partial charge in [-0.2, -0.15) is 4.31 Å². The second-order valence-corrected chi connectivity index (χ2v) is 8.89. The predicted molar refractivity (Wildman–Crippen MR) is 114 cm³/mol. The molecule has 0 saturated heterocycles. The summed E-state index contributed by atoms with van der Waals surface area (Å²) < 4.78 is 38.4. The Morgan fingerprint density at radius 2 is 1.41 bits per heavy atom. The number of nitrogens with zero attached hydrogens (tertiary/aromatic N) is 1. The minimum atomic E-state index is -3.74. The van der Waals surface area contributed by atoms with E-state index in [0.717, 1.165) is 11.1 Å². The third-order valence-electron chi connectivity index (χ3n) is 4.71. The van der Waals surface area contributed by atoms with Crippen molar-refractivity contribution in [2.45, 2.75) is 31.2 Å². The first kappa shape index (κ1) is 22.9. The van der Waals surface area contributed by atoms with E-state index in [-0.39, 0.29) is 13.1 Å². The molecule has 1 N–H and O–H groups in total. The number of aliphatic hydroxyl groups excluding tert-OH is 1. The van der Waals surface area contributed by atoms with Crippen LogP contribution in [-0.4, -0.2) is 43.9 Å². The lowest BCUT2D eigenvalue weighted by atomic mass is 10.2. The molecule has 0 bridgehead atoms. The minimum absolute atomic E-state index is 0.197. The molecule has 2 rings (SSSR count). The van der Waals surface area contributed by atoms with Gasteiger partial charge in [0.05, 0.1) is 26.1 Å². The minimum Gasteiger partial charge on any atom is -0.497 e. The van der Waals surface area contributed by atoms with Gasteiger partial charge in [-0.15, -0.1) is 6.58 Å². The van der Waals surface area contributed by atoms with Crippen LogP contribution in [0, 0.1) is 0 Å². The molecule has 0 heterocycles. The second kappa shape index (κ2) is 11.0. The first-order valence-corrected chi connectivity index (χ1v) is 10.9. The van der Waals surface area contributed by atoms with E-state index in [1.165, 1.54) is 4.31 Å². The first-order chi connectivity index (χ1) is 13.9. The molecule has 2 aromatic carbocycles. The van der Waals surface area contributed by atoms with E-state index in [0.29, 0.717) is 24.3 Å². The molecule has 0 aliphatic carbocycles. The molecule has 0 aromatic heterocycles. The van der Waals surface area contributed by atoms with Gasteiger partial charge in [-0.25, -0.2) is 8.42 Å². The zero-order valence-corrected chi connectivity index (χ0v) is 17.8.